The van der Waals surface area contributed by atoms with Crippen LogP contribution < -0.4 is 9.47 Å². The Hall–Kier alpha value is 1.83. The minimum atomic E-state index is -0.960. The number of aliphatic hydroxyl groups is 2. The lowest BCUT2D eigenvalue weighted by atomic mass is 10.1. The van der Waals surface area contributed by atoms with Gasteiger partial charge in [0.15, 0.2) is 0 Å². The Labute approximate surface area is 248 Å². The third kappa shape index (κ3) is 12.7. The van der Waals surface area contributed by atoms with E-state index < -0.39 is 11.2 Å². The molecule has 35 heavy (non-hydrogen) atoms. The molecule has 2 fully saturated rings. The summed E-state index contributed by atoms with van der Waals surface area (Å²) in [5.74, 6) is 4.33. The first-order valence-corrected chi connectivity index (χ1v) is 20.2. The zero-order chi connectivity index (χ0) is 25.2. The maximum atomic E-state index is 10.8. The van der Waals surface area contributed by atoms with Crippen LogP contribution in [0.15, 0.2) is 18.2 Å². The molecule has 0 aliphatic carbocycles. The van der Waals surface area contributed by atoms with Gasteiger partial charge in [-0.25, -0.2) is 0 Å². The fraction of sp³-hybridized carbons (Fsp3) is 0.727. The zero-order valence-electron chi connectivity index (χ0n) is 19.8. The van der Waals surface area contributed by atoms with Crippen molar-refractivity contribution in [3.63, 3.8) is 0 Å². The molecule has 0 aromatic heterocycles. The number of benzene rings is 1. The maximum absolute atomic E-state index is 10.8. The molecule has 1 aromatic rings. The number of thioether (sulfide) groups is 8. The van der Waals surface area contributed by atoms with E-state index in [1.54, 1.807) is 48.6 Å². The molecule has 0 amide bonds. The highest BCUT2D eigenvalue weighted by Gasteiger charge is 2.25. The number of ether oxygens (including phenoxy) is 2. The van der Waals surface area contributed by atoms with Crippen LogP contribution in [0.3, 0.4) is 0 Å². The van der Waals surface area contributed by atoms with E-state index in [9.17, 15) is 10.2 Å². The molecule has 0 bridgehead atoms. The van der Waals surface area contributed by atoms with Gasteiger partial charge in [0.2, 0.25) is 0 Å². The lowest BCUT2D eigenvalue weighted by Gasteiger charge is -2.26. The SMILES string of the molecule is CC(O)(COc1ccc(Cl)c(OCC(C)(O)CSCC2SCSCS2)c1)CSCC1SCSCS1. The third-order valence-electron chi connectivity index (χ3n) is 4.67. The van der Waals surface area contributed by atoms with Crippen molar-refractivity contribution in [1.82, 2.24) is 0 Å². The van der Waals surface area contributed by atoms with E-state index in [4.69, 9.17) is 21.1 Å². The van der Waals surface area contributed by atoms with Crippen LogP contribution in [0.5, 0.6) is 11.5 Å². The van der Waals surface area contributed by atoms with Gasteiger partial charge in [-0.05, 0) is 26.0 Å². The first-order valence-electron chi connectivity index (χ1n) is 11.0. The highest BCUT2D eigenvalue weighted by atomic mass is 35.5. The fourth-order valence-electron chi connectivity index (χ4n) is 2.84. The summed E-state index contributed by atoms with van der Waals surface area (Å²) in [5.41, 5.74) is -1.89. The predicted octanol–water partition coefficient (Wildman–Crippen LogP) is 6.97. The molecule has 0 spiro atoms. The molecule has 3 rings (SSSR count). The second-order valence-corrected chi connectivity index (χ2v) is 19.9. The van der Waals surface area contributed by atoms with E-state index in [2.05, 4.69) is 0 Å². The van der Waals surface area contributed by atoms with E-state index >= 15 is 0 Å². The van der Waals surface area contributed by atoms with Gasteiger partial charge < -0.3 is 19.7 Å². The lowest BCUT2D eigenvalue weighted by molar-refractivity contribution is 0.0304. The summed E-state index contributed by atoms with van der Waals surface area (Å²) in [7, 11) is 0. The largest absolute Gasteiger partial charge is 0.490 e. The Morgan fingerprint density at radius 3 is 1.86 bits per heavy atom. The molecule has 2 saturated heterocycles. The van der Waals surface area contributed by atoms with Crippen LogP contribution in [0.4, 0.5) is 0 Å². The molecule has 2 aliphatic heterocycles. The van der Waals surface area contributed by atoms with E-state index in [1.807, 2.05) is 77.5 Å². The highest BCUT2D eigenvalue weighted by Crippen LogP contribution is 2.39. The van der Waals surface area contributed by atoms with E-state index in [1.165, 1.54) is 0 Å². The van der Waals surface area contributed by atoms with Crippen molar-refractivity contribution in [1.29, 1.82) is 0 Å². The second kappa shape index (κ2) is 16.2. The summed E-state index contributed by atoms with van der Waals surface area (Å²) in [4.78, 5) is 0. The van der Waals surface area contributed by atoms with E-state index in [-0.39, 0.29) is 13.2 Å². The Balaban J connectivity index is 1.39. The highest BCUT2D eigenvalue weighted by molar-refractivity contribution is 8.33. The van der Waals surface area contributed by atoms with Crippen LogP contribution in [0.1, 0.15) is 13.8 Å². The summed E-state index contributed by atoms with van der Waals surface area (Å²) < 4.78 is 13.0. The topological polar surface area (TPSA) is 58.9 Å². The quantitative estimate of drug-likeness (QED) is 0.218. The van der Waals surface area contributed by atoms with Crippen molar-refractivity contribution < 1.29 is 19.7 Å². The number of hydrogen-bond acceptors (Lipinski definition) is 12. The molecule has 2 N–H and O–H groups in total. The first-order chi connectivity index (χ1) is 16.7. The Bertz CT molecular complexity index is 761. The first kappa shape index (κ1) is 31.4. The second-order valence-electron chi connectivity index (χ2n) is 8.60. The molecule has 0 saturated carbocycles. The Kier molecular flexibility index (Phi) is 14.5. The Morgan fingerprint density at radius 2 is 1.34 bits per heavy atom. The van der Waals surface area contributed by atoms with Gasteiger partial charge in [0, 0.05) is 49.4 Å². The molecule has 1 aromatic carbocycles. The van der Waals surface area contributed by atoms with Gasteiger partial charge >= 0.3 is 0 Å². The van der Waals surface area contributed by atoms with Gasteiger partial charge in [0.1, 0.15) is 35.9 Å². The van der Waals surface area contributed by atoms with E-state index in [0.717, 1.165) is 31.8 Å². The van der Waals surface area contributed by atoms with Crippen molar-refractivity contribution in [2.45, 2.75) is 34.2 Å². The van der Waals surface area contributed by atoms with Gasteiger partial charge in [-0.2, -0.15) is 23.5 Å². The molecule has 200 valence electrons. The van der Waals surface area contributed by atoms with Crippen LogP contribution in [0, 0.1) is 0 Å². The van der Waals surface area contributed by atoms with Gasteiger partial charge in [-0.15, -0.1) is 70.6 Å². The maximum Gasteiger partial charge on any atom is 0.141 e. The van der Waals surface area contributed by atoms with Crippen LogP contribution in [-0.2, 0) is 0 Å². The standard InChI is InChI=1S/C22H33ClO4S8/c1-21(24,10-28-6-19-32-12-30-13-33-19)8-26-16-3-4-17(23)18(5-16)27-9-22(2,25)11-29-7-20-34-14-31-15-35-20/h3-5,19-20,24-25H,6-15H2,1-2H3. The third-order valence-corrected chi connectivity index (χ3v) is 17.3. The predicted molar refractivity (Wildman–Crippen MR) is 171 cm³/mol. The summed E-state index contributed by atoms with van der Waals surface area (Å²) in [5, 5.41) is 26.6. The summed E-state index contributed by atoms with van der Waals surface area (Å²) in [6.07, 6.45) is 0. The number of halogens is 1. The molecule has 2 atom stereocenters. The average Bonchev–Trinajstić information content (AvgIpc) is 2.84. The van der Waals surface area contributed by atoms with Gasteiger partial charge in [0.25, 0.3) is 0 Å². The molecular formula is C22H33ClO4S8. The van der Waals surface area contributed by atoms with Crippen LogP contribution in [0.2, 0.25) is 5.02 Å². The van der Waals surface area contributed by atoms with Crippen molar-refractivity contribution in [2.24, 2.45) is 0 Å². The van der Waals surface area contributed by atoms with Crippen LogP contribution >= 0.6 is 106 Å². The van der Waals surface area contributed by atoms with Gasteiger partial charge in [-0.1, -0.05) is 11.6 Å². The minimum Gasteiger partial charge on any atom is -0.490 e. The fourth-order valence-corrected chi connectivity index (χ4v) is 15.9. The van der Waals surface area contributed by atoms with Crippen molar-refractivity contribution >= 4 is 106 Å². The number of rotatable bonds is 14. The number of hydrogen-bond donors (Lipinski definition) is 2. The molecule has 13 heteroatoms. The van der Waals surface area contributed by atoms with Gasteiger partial charge in [-0.3, -0.25) is 0 Å². The van der Waals surface area contributed by atoms with E-state index in [0.29, 0.717) is 37.2 Å². The summed E-state index contributed by atoms with van der Waals surface area (Å²) >= 11 is 21.7. The van der Waals surface area contributed by atoms with Gasteiger partial charge in [0.05, 0.1) is 14.2 Å². The van der Waals surface area contributed by atoms with Crippen molar-refractivity contribution in [2.75, 3.05) is 56.6 Å². The molecular weight excluding hydrogens is 620 g/mol. The van der Waals surface area contributed by atoms with Crippen LogP contribution in [-0.4, -0.2) is 87.1 Å². The van der Waals surface area contributed by atoms with Crippen molar-refractivity contribution in [3.8, 4) is 11.5 Å². The molecule has 2 unspecified atom stereocenters. The monoisotopic (exact) mass is 652 g/mol. The lowest BCUT2D eigenvalue weighted by Crippen LogP contribution is -2.36. The molecule has 4 nitrogen and oxygen atoms in total. The van der Waals surface area contributed by atoms with Crippen molar-refractivity contribution in [3.05, 3.63) is 23.2 Å². The smallest absolute Gasteiger partial charge is 0.141 e. The molecule has 2 heterocycles. The molecule has 0 radical (unpaired) electrons. The summed E-state index contributed by atoms with van der Waals surface area (Å²) in [6.45, 7) is 3.94. The Morgan fingerprint density at radius 1 is 0.857 bits per heavy atom. The normalized spacial score (nSPS) is 21.3. The molecule has 2 aliphatic rings. The zero-order valence-corrected chi connectivity index (χ0v) is 27.1. The summed E-state index contributed by atoms with van der Waals surface area (Å²) in [6, 6.07) is 5.23. The van der Waals surface area contributed by atoms with Crippen LogP contribution in [0.25, 0.3) is 0 Å². The average molecular weight is 653 g/mol. The minimum absolute atomic E-state index is 0.147.